The van der Waals surface area contributed by atoms with Crippen LogP contribution in [0.2, 0.25) is 5.02 Å². The number of hydrogen-bond acceptors (Lipinski definition) is 4. The van der Waals surface area contributed by atoms with Gasteiger partial charge < -0.3 is 4.40 Å². The van der Waals surface area contributed by atoms with E-state index in [-0.39, 0.29) is 0 Å². The first-order valence-electron chi connectivity index (χ1n) is 9.26. The summed E-state index contributed by atoms with van der Waals surface area (Å²) in [7, 11) is 0. The maximum atomic E-state index is 8.92. The molecular weight excluding hydrogens is 358 g/mol. The van der Waals surface area contributed by atoms with Crippen molar-refractivity contribution in [2.75, 3.05) is 26.2 Å². The minimum absolute atomic E-state index is 0.717. The molecule has 0 amide bonds. The van der Waals surface area contributed by atoms with E-state index in [1.165, 1.54) is 5.56 Å². The Morgan fingerprint density at radius 2 is 1.67 bits per heavy atom. The fourth-order valence-electron chi connectivity index (χ4n) is 3.61. The standard InChI is InChI=1S/C21H22ClN5/c22-19-6-7-21-24-20(16-27(21)14-19)15-26-9-1-8-25(10-11-26)13-18-4-2-17(12-23)3-5-18/h2-7,14,16H,1,8-11,13,15H2. The van der Waals surface area contributed by atoms with E-state index in [0.29, 0.717) is 0 Å². The summed E-state index contributed by atoms with van der Waals surface area (Å²) in [6.07, 6.45) is 5.12. The van der Waals surface area contributed by atoms with Gasteiger partial charge in [0.05, 0.1) is 22.3 Å². The van der Waals surface area contributed by atoms with Gasteiger partial charge in [-0.2, -0.15) is 5.26 Å². The summed E-state index contributed by atoms with van der Waals surface area (Å²) < 4.78 is 1.99. The maximum Gasteiger partial charge on any atom is 0.137 e. The number of nitrogens with zero attached hydrogens (tertiary/aromatic N) is 5. The van der Waals surface area contributed by atoms with Crippen molar-refractivity contribution in [2.24, 2.45) is 0 Å². The number of halogens is 1. The number of benzene rings is 1. The molecule has 0 atom stereocenters. The Morgan fingerprint density at radius 1 is 0.926 bits per heavy atom. The van der Waals surface area contributed by atoms with Crippen LogP contribution in [-0.2, 0) is 13.1 Å². The van der Waals surface area contributed by atoms with Crippen LogP contribution in [0.15, 0.2) is 48.8 Å². The maximum absolute atomic E-state index is 8.92. The van der Waals surface area contributed by atoms with Gasteiger partial charge in [0.1, 0.15) is 5.65 Å². The van der Waals surface area contributed by atoms with Crippen molar-refractivity contribution in [1.29, 1.82) is 5.26 Å². The quantitative estimate of drug-likeness (QED) is 0.695. The van der Waals surface area contributed by atoms with Crippen molar-refractivity contribution < 1.29 is 0 Å². The van der Waals surface area contributed by atoms with E-state index in [1.807, 2.05) is 34.9 Å². The van der Waals surface area contributed by atoms with Crippen LogP contribution in [0.5, 0.6) is 0 Å². The summed E-state index contributed by atoms with van der Waals surface area (Å²) in [6.45, 7) is 6.05. The Morgan fingerprint density at radius 3 is 2.41 bits per heavy atom. The summed E-state index contributed by atoms with van der Waals surface area (Å²) in [6, 6.07) is 13.9. The van der Waals surface area contributed by atoms with Crippen LogP contribution in [0.1, 0.15) is 23.2 Å². The smallest absolute Gasteiger partial charge is 0.137 e. The minimum atomic E-state index is 0.717. The second-order valence-corrected chi connectivity index (χ2v) is 7.50. The van der Waals surface area contributed by atoms with Crippen molar-refractivity contribution in [3.05, 3.63) is 70.6 Å². The fourth-order valence-corrected chi connectivity index (χ4v) is 3.77. The Labute approximate surface area is 164 Å². The number of nitriles is 1. The van der Waals surface area contributed by atoms with E-state index in [9.17, 15) is 0 Å². The molecule has 5 nitrogen and oxygen atoms in total. The van der Waals surface area contributed by atoms with E-state index in [0.717, 1.165) is 67.6 Å². The normalized spacial score (nSPS) is 16.3. The zero-order valence-electron chi connectivity index (χ0n) is 15.2. The zero-order chi connectivity index (χ0) is 18.6. The second kappa shape index (κ2) is 8.10. The zero-order valence-corrected chi connectivity index (χ0v) is 15.9. The van der Waals surface area contributed by atoms with Gasteiger partial charge in [-0.1, -0.05) is 23.7 Å². The molecule has 0 unspecified atom stereocenters. The van der Waals surface area contributed by atoms with Gasteiger partial charge in [-0.3, -0.25) is 9.80 Å². The first-order chi connectivity index (χ1) is 13.2. The van der Waals surface area contributed by atoms with Gasteiger partial charge in [0.25, 0.3) is 0 Å². The highest BCUT2D eigenvalue weighted by atomic mass is 35.5. The third-order valence-electron chi connectivity index (χ3n) is 5.02. The van der Waals surface area contributed by atoms with Crippen LogP contribution < -0.4 is 0 Å². The molecule has 3 heterocycles. The van der Waals surface area contributed by atoms with Gasteiger partial charge in [-0.15, -0.1) is 0 Å². The predicted octanol–water partition coefficient (Wildman–Crippen LogP) is 3.57. The molecule has 3 aromatic rings. The van der Waals surface area contributed by atoms with Gasteiger partial charge in [0, 0.05) is 38.6 Å². The van der Waals surface area contributed by atoms with Gasteiger partial charge in [0.15, 0.2) is 0 Å². The van der Waals surface area contributed by atoms with E-state index in [2.05, 4.69) is 34.2 Å². The second-order valence-electron chi connectivity index (χ2n) is 7.06. The largest absolute Gasteiger partial charge is 0.305 e. The molecule has 138 valence electrons. The van der Waals surface area contributed by atoms with E-state index < -0.39 is 0 Å². The first kappa shape index (κ1) is 18.0. The monoisotopic (exact) mass is 379 g/mol. The Balaban J connectivity index is 1.35. The molecule has 27 heavy (non-hydrogen) atoms. The number of rotatable bonds is 4. The summed E-state index contributed by atoms with van der Waals surface area (Å²) in [4.78, 5) is 9.67. The molecule has 0 N–H and O–H groups in total. The minimum Gasteiger partial charge on any atom is -0.305 e. The van der Waals surface area contributed by atoms with Crippen LogP contribution in [0, 0.1) is 11.3 Å². The SMILES string of the molecule is N#Cc1ccc(CN2CCCN(Cc3cn4cc(Cl)ccc4n3)CC2)cc1. The Hall–Kier alpha value is -2.39. The number of imidazole rings is 1. The lowest BCUT2D eigenvalue weighted by Gasteiger charge is -2.21. The van der Waals surface area contributed by atoms with Crippen molar-refractivity contribution in [3.63, 3.8) is 0 Å². The molecule has 0 bridgehead atoms. The topological polar surface area (TPSA) is 47.6 Å². The first-order valence-corrected chi connectivity index (χ1v) is 9.64. The molecule has 6 heteroatoms. The molecule has 4 rings (SSSR count). The van der Waals surface area contributed by atoms with Crippen LogP contribution in [0.25, 0.3) is 5.65 Å². The summed E-state index contributed by atoms with van der Waals surface area (Å²) >= 11 is 6.06. The molecule has 1 aliphatic rings. The van der Waals surface area contributed by atoms with E-state index in [4.69, 9.17) is 21.8 Å². The predicted molar refractivity (Wildman–Crippen MR) is 107 cm³/mol. The van der Waals surface area contributed by atoms with E-state index >= 15 is 0 Å². The molecule has 1 aromatic carbocycles. The van der Waals surface area contributed by atoms with Gasteiger partial charge in [-0.05, 0) is 49.3 Å². The Bertz CT molecular complexity index is 957. The molecule has 1 saturated heterocycles. The van der Waals surface area contributed by atoms with Crippen LogP contribution in [0.4, 0.5) is 0 Å². The number of aromatic nitrogens is 2. The van der Waals surface area contributed by atoms with Crippen molar-refractivity contribution in [1.82, 2.24) is 19.2 Å². The number of fused-ring (bicyclic) bond motifs is 1. The van der Waals surface area contributed by atoms with E-state index in [1.54, 1.807) is 0 Å². The molecule has 0 saturated carbocycles. The van der Waals surface area contributed by atoms with Gasteiger partial charge >= 0.3 is 0 Å². The summed E-state index contributed by atoms with van der Waals surface area (Å²) in [5, 5.41) is 9.64. The molecule has 0 spiro atoms. The van der Waals surface area contributed by atoms with Crippen LogP contribution in [0.3, 0.4) is 0 Å². The third kappa shape index (κ3) is 4.48. The average Bonchev–Trinajstić information content (AvgIpc) is 2.94. The number of pyridine rings is 1. The summed E-state index contributed by atoms with van der Waals surface area (Å²) in [5.41, 5.74) is 4.00. The average molecular weight is 380 g/mol. The molecule has 1 aliphatic heterocycles. The van der Waals surface area contributed by atoms with Crippen molar-refractivity contribution in [2.45, 2.75) is 19.5 Å². The Kier molecular flexibility index (Phi) is 5.40. The van der Waals surface area contributed by atoms with Crippen molar-refractivity contribution >= 4 is 17.2 Å². The lowest BCUT2D eigenvalue weighted by atomic mass is 10.1. The highest BCUT2D eigenvalue weighted by molar-refractivity contribution is 6.30. The lowest BCUT2D eigenvalue weighted by Crippen LogP contribution is -2.30. The van der Waals surface area contributed by atoms with Crippen molar-refractivity contribution in [3.8, 4) is 6.07 Å². The lowest BCUT2D eigenvalue weighted by molar-refractivity contribution is 0.246. The molecule has 0 aliphatic carbocycles. The van der Waals surface area contributed by atoms with Gasteiger partial charge in [-0.25, -0.2) is 4.98 Å². The number of hydrogen-bond donors (Lipinski definition) is 0. The summed E-state index contributed by atoms with van der Waals surface area (Å²) in [5.74, 6) is 0. The third-order valence-corrected chi connectivity index (χ3v) is 5.24. The van der Waals surface area contributed by atoms with Crippen LogP contribution in [-0.4, -0.2) is 45.4 Å². The highest BCUT2D eigenvalue weighted by Gasteiger charge is 2.16. The molecular formula is C21H22ClN5. The van der Waals surface area contributed by atoms with Gasteiger partial charge in [0.2, 0.25) is 0 Å². The fraction of sp³-hybridized carbons (Fsp3) is 0.333. The highest BCUT2D eigenvalue weighted by Crippen LogP contribution is 2.15. The molecule has 1 fully saturated rings. The molecule has 0 radical (unpaired) electrons. The molecule has 2 aromatic heterocycles. The van der Waals surface area contributed by atoms with Crippen LogP contribution >= 0.6 is 11.6 Å².